The van der Waals surface area contributed by atoms with Crippen LogP contribution in [0.1, 0.15) is 167 Å². The van der Waals surface area contributed by atoms with E-state index < -0.39 is 48.0 Å². The summed E-state index contributed by atoms with van der Waals surface area (Å²) < 4.78 is 5.82. The fourth-order valence-corrected chi connectivity index (χ4v) is 9.20. The van der Waals surface area contributed by atoms with Crippen molar-refractivity contribution in [1.29, 1.82) is 0 Å². The van der Waals surface area contributed by atoms with Crippen molar-refractivity contribution in [3.8, 4) is 0 Å². The Kier molecular flexibility index (Phi) is 31.4. The molecular formula is C56H89N9O11S. The molecule has 5 atom stereocenters. The van der Waals surface area contributed by atoms with Gasteiger partial charge in [0.25, 0.3) is 17.7 Å². The van der Waals surface area contributed by atoms with Crippen LogP contribution < -0.4 is 27.0 Å². The number of aliphatic carboxylic acids is 1. The van der Waals surface area contributed by atoms with Gasteiger partial charge in [0.1, 0.15) is 16.7 Å². The molecule has 77 heavy (non-hydrogen) atoms. The number of aromatic nitrogens is 1. The number of hydrogen-bond donors (Lipinski definition) is 6. The molecule has 20 nitrogen and oxygen atoms in total. The highest BCUT2D eigenvalue weighted by molar-refractivity contribution is 7.09. The lowest BCUT2D eigenvalue weighted by atomic mass is 9.92. The number of likely N-dealkylation sites (N-methyl/N-ethyl adjacent to an activating group) is 2. The van der Waals surface area contributed by atoms with E-state index >= 15 is 0 Å². The van der Waals surface area contributed by atoms with Crippen LogP contribution in [-0.4, -0.2) is 143 Å². The number of benzene rings is 1. The number of amides is 7. The molecule has 0 saturated heterocycles. The number of carboxylic acid groups (broad SMARTS) is 1. The van der Waals surface area contributed by atoms with Crippen molar-refractivity contribution in [3.63, 3.8) is 0 Å². The molecule has 7 amide bonds. The van der Waals surface area contributed by atoms with Crippen LogP contribution >= 0.6 is 11.3 Å². The third-order valence-corrected chi connectivity index (χ3v) is 14.1. The molecular weight excluding hydrogens is 1010 g/mol. The normalized spacial score (nSPS) is 14.1. The molecule has 7 N–H and O–H groups in total. The summed E-state index contributed by atoms with van der Waals surface area (Å²) in [6, 6.07) is 5.26. The SMILES string of the molecule is CCCCN.CC[C@H](C)[C@H](NC(=O)CN(C)CCC(C)C)C(=O)N(CC)C(C[C@@H](OC(C)=O)c1nc(C(=O)N[C@H](CCC(=O)O)CCc2ccc(NC(=O)CNC(=O)CCCCCN3C(=O)C=CC3=O)cc2)cs1)C(C)C. The molecule has 21 heteroatoms. The maximum atomic E-state index is 14.4. The molecule has 2 aromatic rings. The molecule has 1 unspecified atom stereocenters. The molecule has 0 spiro atoms. The number of nitrogens with two attached hydrogens (primary N) is 1. The van der Waals surface area contributed by atoms with Crippen LogP contribution in [0.3, 0.4) is 0 Å². The summed E-state index contributed by atoms with van der Waals surface area (Å²) in [5.74, 6) is -3.74. The lowest BCUT2D eigenvalue weighted by Gasteiger charge is -2.38. The van der Waals surface area contributed by atoms with Gasteiger partial charge in [-0.3, -0.25) is 53.0 Å². The number of esters is 1. The summed E-state index contributed by atoms with van der Waals surface area (Å²) in [5.41, 5.74) is 6.58. The highest BCUT2D eigenvalue weighted by atomic mass is 32.1. The number of unbranched alkanes of at least 4 members (excludes halogenated alkanes) is 3. The summed E-state index contributed by atoms with van der Waals surface area (Å²) in [6.07, 6.45) is 8.47. The van der Waals surface area contributed by atoms with E-state index in [1.54, 1.807) is 34.5 Å². The molecule has 1 aliphatic heterocycles. The number of carboxylic acids is 1. The number of carbonyl (C=O) groups is 9. The lowest BCUT2D eigenvalue weighted by molar-refractivity contribution is -0.149. The molecule has 1 aromatic heterocycles. The van der Waals surface area contributed by atoms with Crippen LogP contribution in [0.25, 0.3) is 0 Å². The number of ether oxygens (including phenoxy) is 1. The monoisotopic (exact) mass is 1100 g/mol. The van der Waals surface area contributed by atoms with E-state index in [4.69, 9.17) is 10.5 Å². The summed E-state index contributed by atoms with van der Waals surface area (Å²) in [4.78, 5) is 123. The van der Waals surface area contributed by atoms with Crippen LogP contribution in [0.4, 0.5) is 5.69 Å². The summed E-state index contributed by atoms with van der Waals surface area (Å²) in [7, 11) is 1.89. The van der Waals surface area contributed by atoms with Gasteiger partial charge in [0.2, 0.25) is 23.6 Å². The standard InChI is InChI=1S/C52H78N8O11S.C4H11N/c1-10-35(7)49(57-45(64)31-58(9)28-26-33(3)4)52(70)59(11-2)41(34(5)6)29-42(71-36(8)61)51-56-40(32-72-51)50(69)55-39(22-25-48(67)68)21-18-37-16-19-38(20-17-37)54-44(63)30-53-43(62)15-13-12-14-27-60-46(65)23-24-47(60)66;1-2-3-4-5/h16-17,19-20,23-24,32-35,39,41-42,49H,10-15,18,21-22,25-31H2,1-9H3,(H,53,62)(H,54,63)(H,55,69)(H,57,64)(H,67,68);2-5H2,1H3/t35-,39-,41?,42+,49-;/m0./s1. The number of aryl methyl sites for hydroxylation is 1. The number of carbonyl (C=O) groups excluding carboxylic acids is 8. The van der Waals surface area contributed by atoms with Gasteiger partial charge in [-0.1, -0.05) is 79.9 Å². The summed E-state index contributed by atoms with van der Waals surface area (Å²) in [5, 5.41) is 22.7. The predicted molar refractivity (Wildman–Crippen MR) is 298 cm³/mol. The number of rotatable bonds is 35. The zero-order chi connectivity index (χ0) is 57.6. The van der Waals surface area contributed by atoms with Crippen LogP contribution in [0.15, 0.2) is 41.8 Å². The van der Waals surface area contributed by atoms with Gasteiger partial charge in [-0.2, -0.15) is 0 Å². The lowest BCUT2D eigenvalue weighted by Crippen LogP contribution is -2.56. The predicted octanol–water partition coefficient (Wildman–Crippen LogP) is 6.40. The minimum absolute atomic E-state index is 0.0644. The van der Waals surface area contributed by atoms with Crippen molar-refractivity contribution in [2.24, 2.45) is 23.5 Å². The number of hydrogen-bond acceptors (Lipinski definition) is 14. The maximum Gasteiger partial charge on any atom is 0.303 e. The Hall–Kier alpha value is -6.06. The van der Waals surface area contributed by atoms with Gasteiger partial charge in [0.05, 0.1) is 13.1 Å². The maximum absolute atomic E-state index is 14.4. The van der Waals surface area contributed by atoms with Gasteiger partial charge in [-0.25, -0.2) is 4.98 Å². The van der Waals surface area contributed by atoms with Gasteiger partial charge in [-0.05, 0) is 107 Å². The average molecular weight is 1100 g/mol. The second-order valence-electron chi connectivity index (χ2n) is 20.5. The van der Waals surface area contributed by atoms with Gasteiger partial charge >= 0.3 is 11.9 Å². The molecule has 430 valence electrons. The van der Waals surface area contributed by atoms with Crippen molar-refractivity contribution in [2.45, 2.75) is 170 Å². The number of nitrogens with zero attached hydrogens (tertiary/aromatic N) is 4. The molecule has 0 fully saturated rings. The van der Waals surface area contributed by atoms with Gasteiger partial charge in [0, 0.05) is 74.6 Å². The molecule has 0 radical (unpaired) electrons. The van der Waals surface area contributed by atoms with Gasteiger partial charge in [-0.15, -0.1) is 11.3 Å². The third kappa shape index (κ3) is 25.8. The Labute approximate surface area is 460 Å². The molecule has 1 aliphatic rings. The first-order valence-electron chi connectivity index (χ1n) is 27.4. The number of anilines is 1. The fourth-order valence-electron chi connectivity index (χ4n) is 8.36. The van der Waals surface area contributed by atoms with Crippen molar-refractivity contribution in [1.82, 2.24) is 35.6 Å². The van der Waals surface area contributed by atoms with Gasteiger partial charge < -0.3 is 41.7 Å². The number of thiazole rings is 1. The van der Waals surface area contributed by atoms with Gasteiger partial charge in [0.15, 0.2) is 6.10 Å². The Balaban J connectivity index is 0.00000386. The Morgan fingerprint density at radius 3 is 2.08 bits per heavy atom. The quantitative estimate of drug-likeness (QED) is 0.0248. The highest BCUT2D eigenvalue weighted by Gasteiger charge is 2.37. The van der Waals surface area contributed by atoms with E-state index in [1.807, 2.05) is 46.6 Å². The first-order valence-corrected chi connectivity index (χ1v) is 28.2. The molecule has 0 aliphatic carbocycles. The first-order chi connectivity index (χ1) is 36.5. The van der Waals surface area contributed by atoms with Crippen molar-refractivity contribution in [3.05, 3.63) is 58.1 Å². The largest absolute Gasteiger partial charge is 0.481 e. The smallest absolute Gasteiger partial charge is 0.303 e. The van der Waals surface area contributed by atoms with Crippen molar-refractivity contribution in [2.75, 3.05) is 51.6 Å². The highest BCUT2D eigenvalue weighted by Crippen LogP contribution is 2.32. The average Bonchev–Trinajstić information content (AvgIpc) is 4.00. The van der Waals surface area contributed by atoms with E-state index in [1.165, 1.54) is 31.9 Å². The number of imide groups is 1. The molecule has 1 aromatic carbocycles. The Morgan fingerprint density at radius 1 is 0.844 bits per heavy atom. The first kappa shape index (κ1) is 67.1. The van der Waals surface area contributed by atoms with Crippen LogP contribution in [-0.2, 0) is 49.5 Å². The Morgan fingerprint density at radius 2 is 1.52 bits per heavy atom. The second-order valence-corrected chi connectivity index (χ2v) is 21.4. The van der Waals surface area contributed by atoms with Crippen molar-refractivity contribution < 1.29 is 53.0 Å². The van der Waals surface area contributed by atoms with E-state index in [2.05, 4.69) is 47.0 Å². The summed E-state index contributed by atoms with van der Waals surface area (Å²) in [6.45, 7) is 19.5. The third-order valence-electron chi connectivity index (χ3n) is 13.1. The van der Waals surface area contributed by atoms with E-state index in [0.717, 1.165) is 41.3 Å². The topological polar surface area (TPSA) is 280 Å². The minimum atomic E-state index is -1.02. The molecule has 0 saturated carbocycles. The second kappa shape index (κ2) is 36.1. The zero-order valence-corrected chi connectivity index (χ0v) is 48.1. The zero-order valence-electron chi connectivity index (χ0n) is 47.3. The molecule has 0 bridgehead atoms. The van der Waals surface area contributed by atoms with Crippen LogP contribution in [0.2, 0.25) is 0 Å². The van der Waals surface area contributed by atoms with E-state index in [-0.39, 0.29) is 85.8 Å². The minimum Gasteiger partial charge on any atom is -0.481 e. The van der Waals surface area contributed by atoms with Crippen LogP contribution in [0, 0.1) is 17.8 Å². The fraction of sp³-hybridized carbons (Fsp3) is 0.643. The van der Waals surface area contributed by atoms with Crippen LogP contribution in [0.5, 0.6) is 0 Å². The van der Waals surface area contributed by atoms with E-state index in [9.17, 15) is 48.3 Å². The molecule has 2 heterocycles. The number of nitrogens with one attached hydrogen (secondary N) is 4. The molecule has 3 rings (SSSR count). The Bertz CT molecular complexity index is 2220. The summed E-state index contributed by atoms with van der Waals surface area (Å²) >= 11 is 1.14. The van der Waals surface area contributed by atoms with E-state index in [0.29, 0.717) is 68.2 Å². The van der Waals surface area contributed by atoms with Crippen molar-refractivity contribution >= 4 is 70.3 Å².